The summed E-state index contributed by atoms with van der Waals surface area (Å²) < 4.78 is 27.5. The number of sulfonamides is 1. The molecule has 4 aliphatic rings. The van der Waals surface area contributed by atoms with E-state index in [-0.39, 0.29) is 17.4 Å². The summed E-state index contributed by atoms with van der Waals surface area (Å²) in [6.45, 7) is 3.93. The number of hydrogen-bond donors (Lipinski definition) is 1. The first kappa shape index (κ1) is 19.5. The van der Waals surface area contributed by atoms with Gasteiger partial charge >= 0.3 is 0 Å². The first-order chi connectivity index (χ1) is 14.0. The summed E-state index contributed by atoms with van der Waals surface area (Å²) in [5.41, 5.74) is -0.227. The van der Waals surface area contributed by atoms with Gasteiger partial charge in [0.05, 0.1) is 10.8 Å². The molecule has 3 heterocycles. The van der Waals surface area contributed by atoms with E-state index in [2.05, 4.69) is 10.2 Å². The Morgan fingerprint density at radius 1 is 1.03 bits per heavy atom. The second kappa shape index (κ2) is 7.36. The molecule has 3 saturated heterocycles. The zero-order valence-electron chi connectivity index (χ0n) is 16.9. The fourth-order valence-electron chi connectivity index (χ4n) is 6.21. The van der Waals surface area contributed by atoms with Crippen molar-refractivity contribution in [2.45, 2.75) is 49.0 Å². The second-order valence-electron chi connectivity index (χ2n) is 9.44. The third-order valence-corrected chi connectivity index (χ3v) is 9.71. The van der Waals surface area contributed by atoms with E-state index in [1.165, 1.54) is 25.7 Å². The monoisotopic (exact) mass is 417 g/mol. The number of amides is 1. The second-order valence-corrected chi connectivity index (χ2v) is 11.4. The van der Waals surface area contributed by atoms with Crippen LogP contribution < -0.4 is 5.32 Å². The van der Waals surface area contributed by atoms with Crippen molar-refractivity contribution in [3.05, 3.63) is 30.3 Å². The quantitative estimate of drug-likeness (QED) is 0.814. The van der Waals surface area contributed by atoms with Crippen molar-refractivity contribution in [2.24, 2.45) is 17.8 Å². The van der Waals surface area contributed by atoms with Crippen LogP contribution in [0.1, 0.15) is 38.5 Å². The van der Waals surface area contributed by atoms with Crippen molar-refractivity contribution in [1.29, 1.82) is 0 Å². The summed E-state index contributed by atoms with van der Waals surface area (Å²) in [7, 11) is -3.46. The molecule has 1 aromatic carbocycles. The maximum Gasteiger partial charge on any atom is 0.243 e. The third-order valence-electron chi connectivity index (χ3n) is 7.80. The Kier molecular flexibility index (Phi) is 4.95. The number of benzene rings is 1. The van der Waals surface area contributed by atoms with Gasteiger partial charge in [0.25, 0.3) is 0 Å². The summed E-state index contributed by atoms with van der Waals surface area (Å²) in [6, 6.07) is 8.67. The van der Waals surface area contributed by atoms with Gasteiger partial charge < -0.3 is 10.2 Å². The lowest BCUT2D eigenvalue weighted by Gasteiger charge is -2.42. The highest BCUT2D eigenvalue weighted by atomic mass is 32.2. The minimum atomic E-state index is -3.46. The molecule has 29 heavy (non-hydrogen) atoms. The van der Waals surface area contributed by atoms with E-state index >= 15 is 0 Å². The Morgan fingerprint density at radius 2 is 1.72 bits per heavy atom. The molecule has 6 nitrogen and oxygen atoms in total. The minimum Gasteiger partial charge on any atom is -0.350 e. The summed E-state index contributed by atoms with van der Waals surface area (Å²) in [6.07, 6.45) is 6.78. The van der Waals surface area contributed by atoms with Crippen molar-refractivity contribution in [1.82, 2.24) is 14.5 Å². The fourth-order valence-corrected chi connectivity index (χ4v) is 7.67. The van der Waals surface area contributed by atoms with Crippen LogP contribution in [0.15, 0.2) is 35.2 Å². The van der Waals surface area contributed by atoms with Gasteiger partial charge in [-0.2, -0.15) is 4.31 Å². The molecule has 2 atom stereocenters. The molecule has 1 amide bonds. The molecule has 3 aliphatic heterocycles. The van der Waals surface area contributed by atoms with Gasteiger partial charge in [0, 0.05) is 44.2 Å². The van der Waals surface area contributed by atoms with Gasteiger partial charge in [-0.05, 0) is 43.7 Å². The molecule has 7 heteroatoms. The molecule has 5 rings (SSSR count). The minimum absolute atomic E-state index is 0.0775. The zero-order valence-corrected chi connectivity index (χ0v) is 17.7. The van der Waals surface area contributed by atoms with Gasteiger partial charge in [-0.25, -0.2) is 8.42 Å². The van der Waals surface area contributed by atoms with E-state index in [0.29, 0.717) is 36.7 Å². The highest BCUT2D eigenvalue weighted by Crippen LogP contribution is 2.45. The van der Waals surface area contributed by atoms with Gasteiger partial charge in [-0.15, -0.1) is 0 Å². The molecule has 1 N–H and O–H groups in total. The molecule has 1 saturated carbocycles. The molecular formula is C22H31N3O3S. The molecule has 158 valence electrons. The summed E-state index contributed by atoms with van der Waals surface area (Å²) in [4.78, 5) is 15.6. The van der Waals surface area contributed by atoms with E-state index in [4.69, 9.17) is 0 Å². The molecule has 4 fully saturated rings. The van der Waals surface area contributed by atoms with E-state index in [9.17, 15) is 13.2 Å². The number of rotatable bonds is 4. The number of likely N-dealkylation sites (tertiary alicyclic amines) is 1. The largest absolute Gasteiger partial charge is 0.350 e. The molecule has 1 spiro atoms. The average molecular weight is 418 g/mol. The molecule has 0 aromatic heterocycles. The van der Waals surface area contributed by atoms with Crippen LogP contribution in [-0.2, 0) is 14.8 Å². The van der Waals surface area contributed by atoms with Crippen LogP contribution in [0.4, 0.5) is 0 Å². The molecule has 1 aromatic rings. The number of nitrogens with zero attached hydrogens (tertiary/aromatic N) is 2. The van der Waals surface area contributed by atoms with Crippen molar-refractivity contribution in [3.8, 4) is 0 Å². The maximum atomic E-state index is 13.0. The normalized spacial score (nSPS) is 30.7. The van der Waals surface area contributed by atoms with Crippen LogP contribution in [0.2, 0.25) is 0 Å². The van der Waals surface area contributed by atoms with Crippen LogP contribution in [0.3, 0.4) is 0 Å². The lowest BCUT2D eigenvalue weighted by atomic mass is 9.76. The maximum absolute atomic E-state index is 13.0. The van der Waals surface area contributed by atoms with Gasteiger partial charge in [-0.3, -0.25) is 4.79 Å². The number of carbonyl (C=O) groups excluding carboxylic acids is 1. The van der Waals surface area contributed by atoms with Crippen LogP contribution in [-0.4, -0.2) is 61.8 Å². The van der Waals surface area contributed by atoms with Gasteiger partial charge in [-0.1, -0.05) is 31.0 Å². The molecule has 1 aliphatic carbocycles. The summed E-state index contributed by atoms with van der Waals surface area (Å²) >= 11 is 0. The Balaban J connectivity index is 1.27. The van der Waals surface area contributed by atoms with Gasteiger partial charge in [0.2, 0.25) is 15.9 Å². The van der Waals surface area contributed by atoms with Crippen LogP contribution in [0, 0.1) is 17.8 Å². The molecule has 0 radical (unpaired) electrons. The number of fused-ring (bicyclic) bond motifs is 2. The van der Waals surface area contributed by atoms with Crippen LogP contribution in [0.25, 0.3) is 0 Å². The Labute approximate surface area is 173 Å². The Morgan fingerprint density at radius 3 is 2.41 bits per heavy atom. The standard InChI is InChI=1S/C22H31N3O3S/c26-21-19-15-24(14-17-6-4-5-7-17)16-20(19)22(23-21)10-12-25(13-11-22)29(27,28)18-8-2-1-3-9-18/h1-3,8-9,17,19-20H,4-7,10-16H2,(H,23,26)/t19-,20+/m1/s1. The Bertz CT molecular complexity index is 859. The van der Waals surface area contributed by atoms with Crippen molar-refractivity contribution >= 4 is 15.9 Å². The van der Waals surface area contributed by atoms with Crippen molar-refractivity contribution < 1.29 is 13.2 Å². The van der Waals surface area contributed by atoms with Gasteiger partial charge in [0.15, 0.2) is 0 Å². The van der Waals surface area contributed by atoms with E-state index < -0.39 is 10.0 Å². The summed E-state index contributed by atoms with van der Waals surface area (Å²) in [5.74, 6) is 1.38. The smallest absolute Gasteiger partial charge is 0.243 e. The SMILES string of the molecule is O=C1NC2(CCN(S(=O)(=O)c3ccccc3)CC2)[C@H]2CN(CC3CCCC3)C[C@@H]12. The Hall–Kier alpha value is -1.44. The highest BCUT2D eigenvalue weighted by Gasteiger charge is 2.57. The number of nitrogens with one attached hydrogen (secondary N) is 1. The van der Waals surface area contributed by atoms with Crippen molar-refractivity contribution in [2.75, 3.05) is 32.7 Å². The fraction of sp³-hybridized carbons (Fsp3) is 0.682. The number of piperidine rings is 1. The van der Waals surface area contributed by atoms with E-state index in [1.807, 2.05) is 6.07 Å². The van der Waals surface area contributed by atoms with Crippen LogP contribution >= 0.6 is 0 Å². The predicted octanol–water partition coefficient (Wildman–Crippen LogP) is 2.08. The van der Waals surface area contributed by atoms with Crippen molar-refractivity contribution in [3.63, 3.8) is 0 Å². The van der Waals surface area contributed by atoms with E-state index in [1.54, 1.807) is 28.6 Å². The number of carbonyl (C=O) groups is 1. The number of hydrogen-bond acceptors (Lipinski definition) is 4. The highest BCUT2D eigenvalue weighted by molar-refractivity contribution is 7.89. The average Bonchev–Trinajstić information content (AvgIpc) is 3.44. The zero-order chi connectivity index (χ0) is 20.1. The molecular weight excluding hydrogens is 386 g/mol. The van der Waals surface area contributed by atoms with E-state index in [0.717, 1.165) is 25.6 Å². The third kappa shape index (κ3) is 3.41. The first-order valence-corrected chi connectivity index (χ1v) is 12.5. The predicted molar refractivity (Wildman–Crippen MR) is 111 cm³/mol. The first-order valence-electron chi connectivity index (χ1n) is 11.1. The lowest BCUT2D eigenvalue weighted by molar-refractivity contribution is -0.123. The molecule has 0 unspecified atom stereocenters. The van der Waals surface area contributed by atoms with Crippen LogP contribution in [0.5, 0.6) is 0 Å². The summed E-state index contributed by atoms with van der Waals surface area (Å²) in [5, 5.41) is 3.31. The van der Waals surface area contributed by atoms with Gasteiger partial charge in [0.1, 0.15) is 0 Å². The topological polar surface area (TPSA) is 69.7 Å². The lowest BCUT2D eigenvalue weighted by Crippen LogP contribution is -2.56. The molecule has 0 bridgehead atoms.